The van der Waals surface area contributed by atoms with Crippen molar-refractivity contribution in [3.05, 3.63) is 24.0 Å². The van der Waals surface area contributed by atoms with Gasteiger partial charge in [0.15, 0.2) is 0 Å². The van der Waals surface area contributed by atoms with E-state index in [-0.39, 0.29) is 5.75 Å². The minimum Gasteiger partial charge on any atom is -0.497 e. The topological polar surface area (TPSA) is 56.3 Å². The maximum absolute atomic E-state index is 10.7. The molecule has 0 N–H and O–H groups in total. The fourth-order valence-corrected chi connectivity index (χ4v) is 1.69. The Morgan fingerprint density at radius 3 is 2.85 bits per heavy atom. The molecule has 0 fully saturated rings. The Morgan fingerprint density at radius 1 is 1.62 bits per heavy atom. The first-order chi connectivity index (χ1) is 6.01. The van der Waals surface area contributed by atoms with Gasteiger partial charge in [-0.05, 0) is 6.07 Å². The van der Waals surface area contributed by atoms with E-state index in [9.17, 15) is 8.42 Å². The van der Waals surface area contributed by atoms with Crippen molar-refractivity contribution in [1.29, 1.82) is 0 Å². The van der Waals surface area contributed by atoms with Gasteiger partial charge in [0.1, 0.15) is 11.5 Å². The SMILES string of the molecule is COc1ccnc(CS(=O)(=O)Cl)c1. The molecule has 0 radical (unpaired) electrons. The van der Waals surface area contributed by atoms with Crippen LogP contribution in [0.5, 0.6) is 5.75 Å². The molecule has 4 nitrogen and oxygen atoms in total. The van der Waals surface area contributed by atoms with Gasteiger partial charge in [0.2, 0.25) is 9.05 Å². The number of hydrogen-bond donors (Lipinski definition) is 0. The molecular weight excluding hydrogens is 214 g/mol. The molecule has 6 heteroatoms. The zero-order valence-corrected chi connectivity index (χ0v) is 8.47. The number of halogens is 1. The molecule has 0 amide bonds. The average Bonchev–Trinajstić information content (AvgIpc) is 2.01. The molecule has 0 bridgehead atoms. The van der Waals surface area contributed by atoms with Crippen LogP contribution < -0.4 is 4.74 Å². The summed E-state index contributed by atoms with van der Waals surface area (Å²) in [7, 11) is 3.00. The Bertz CT molecular complexity index is 390. The van der Waals surface area contributed by atoms with Crippen molar-refractivity contribution in [2.45, 2.75) is 5.75 Å². The van der Waals surface area contributed by atoms with E-state index >= 15 is 0 Å². The Morgan fingerprint density at radius 2 is 2.31 bits per heavy atom. The summed E-state index contributed by atoms with van der Waals surface area (Å²) in [5.41, 5.74) is 0.370. The number of pyridine rings is 1. The molecule has 0 aromatic carbocycles. The first-order valence-corrected chi connectivity index (χ1v) is 5.90. The molecule has 0 atom stereocenters. The molecule has 0 aliphatic rings. The predicted molar refractivity (Wildman–Crippen MR) is 49.3 cm³/mol. The van der Waals surface area contributed by atoms with Gasteiger partial charge in [-0.3, -0.25) is 4.98 Å². The molecule has 72 valence electrons. The van der Waals surface area contributed by atoms with Crippen molar-refractivity contribution in [1.82, 2.24) is 4.98 Å². The second-order valence-corrected chi connectivity index (χ2v) is 5.15. The van der Waals surface area contributed by atoms with Crippen LogP contribution in [0.2, 0.25) is 0 Å². The van der Waals surface area contributed by atoms with E-state index in [1.807, 2.05) is 0 Å². The van der Waals surface area contributed by atoms with E-state index in [1.54, 1.807) is 6.07 Å². The van der Waals surface area contributed by atoms with Crippen LogP contribution in [0.3, 0.4) is 0 Å². The third kappa shape index (κ3) is 3.61. The summed E-state index contributed by atoms with van der Waals surface area (Å²) in [5, 5.41) is 0. The van der Waals surface area contributed by atoms with E-state index in [0.717, 1.165) is 0 Å². The van der Waals surface area contributed by atoms with Crippen molar-refractivity contribution >= 4 is 19.7 Å². The maximum atomic E-state index is 10.7. The van der Waals surface area contributed by atoms with Gasteiger partial charge in [-0.15, -0.1) is 0 Å². The minimum atomic E-state index is -3.55. The zero-order chi connectivity index (χ0) is 9.90. The van der Waals surface area contributed by atoms with Crippen LogP contribution in [0.4, 0.5) is 0 Å². The Kier molecular flexibility index (Phi) is 3.11. The summed E-state index contributed by atoms with van der Waals surface area (Å²) in [6.07, 6.45) is 1.47. The lowest BCUT2D eigenvalue weighted by atomic mass is 10.4. The van der Waals surface area contributed by atoms with Gasteiger partial charge in [0.05, 0.1) is 12.8 Å². The summed E-state index contributed by atoms with van der Waals surface area (Å²) in [6.45, 7) is 0. The number of methoxy groups -OCH3 is 1. The molecule has 0 spiro atoms. The van der Waals surface area contributed by atoms with Crippen molar-refractivity contribution in [2.75, 3.05) is 7.11 Å². The van der Waals surface area contributed by atoms with E-state index in [0.29, 0.717) is 11.4 Å². The largest absolute Gasteiger partial charge is 0.497 e. The highest BCUT2D eigenvalue weighted by atomic mass is 35.7. The highest BCUT2D eigenvalue weighted by Gasteiger charge is 2.08. The van der Waals surface area contributed by atoms with Crippen molar-refractivity contribution in [3.63, 3.8) is 0 Å². The molecule has 1 aromatic heterocycles. The van der Waals surface area contributed by atoms with Gasteiger partial charge in [0, 0.05) is 22.9 Å². The highest BCUT2D eigenvalue weighted by molar-refractivity contribution is 8.13. The Balaban J connectivity index is 2.90. The molecular formula is C7H8ClNO3S. The summed E-state index contributed by atoms with van der Waals surface area (Å²) in [5.74, 6) is 0.275. The van der Waals surface area contributed by atoms with Crippen LogP contribution in [0.25, 0.3) is 0 Å². The number of rotatable bonds is 3. The quantitative estimate of drug-likeness (QED) is 0.719. The maximum Gasteiger partial charge on any atom is 0.238 e. The fourth-order valence-electron chi connectivity index (χ4n) is 0.839. The van der Waals surface area contributed by atoms with Crippen LogP contribution in [0, 0.1) is 0 Å². The van der Waals surface area contributed by atoms with Crippen LogP contribution in [-0.2, 0) is 14.8 Å². The molecule has 0 saturated heterocycles. The normalized spacial score (nSPS) is 11.2. The molecule has 13 heavy (non-hydrogen) atoms. The lowest BCUT2D eigenvalue weighted by molar-refractivity contribution is 0.413. The van der Waals surface area contributed by atoms with Gasteiger partial charge in [-0.25, -0.2) is 8.42 Å². The van der Waals surface area contributed by atoms with Gasteiger partial charge >= 0.3 is 0 Å². The van der Waals surface area contributed by atoms with E-state index < -0.39 is 9.05 Å². The molecule has 1 rings (SSSR count). The molecule has 0 unspecified atom stereocenters. The number of nitrogens with zero attached hydrogens (tertiary/aromatic N) is 1. The van der Waals surface area contributed by atoms with Crippen LogP contribution in [0.15, 0.2) is 18.3 Å². The Labute approximate surface area is 80.9 Å². The van der Waals surface area contributed by atoms with E-state index in [1.165, 1.54) is 19.4 Å². The lowest BCUT2D eigenvalue weighted by Gasteiger charge is -2.00. The third-order valence-corrected chi connectivity index (χ3v) is 2.31. The minimum absolute atomic E-state index is 0.286. The van der Waals surface area contributed by atoms with Gasteiger partial charge < -0.3 is 4.74 Å². The van der Waals surface area contributed by atoms with Crippen molar-refractivity contribution < 1.29 is 13.2 Å². The standard InChI is InChI=1S/C7H8ClNO3S/c1-12-7-2-3-9-6(4-7)5-13(8,10)11/h2-4H,5H2,1H3. The van der Waals surface area contributed by atoms with Gasteiger partial charge in [-0.1, -0.05) is 0 Å². The van der Waals surface area contributed by atoms with Crippen LogP contribution in [0.1, 0.15) is 5.69 Å². The summed E-state index contributed by atoms with van der Waals surface area (Å²) >= 11 is 0. The zero-order valence-electron chi connectivity index (χ0n) is 6.90. The number of aromatic nitrogens is 1. The van der Waals surface area contributed by atoms with Crippen molar-refractivity contribution in [3.8, 4) is 5.75 Å². The van der Waals surface area contributed by atoms with Crippen LogP contribution >= 0.6 is 10.7 Å². The summed E-state index contributed by atoms with van der Waals surface area (Å²) in [6, 6.07) is 3.16. The smallest absolute Gasteiger partial charge is 0.238 e. The summed E-state index contributed by atoms with van der Waals surface area (Å²) in [4.78, 5) is 3.83. The number of ether oxygens (including phenoxy) is 1. The highest BCUT2D eigenvalue weighted by Crippen LogP contribution is 2.13. The molecule has 0 aliphatic heterocycles. The molecule has 1 aromatic rings. The first kappa shape index (κ1) is 10.3. The fraction of sp³-hybridized carbons (Fsp3) is 0.286. The third-order valence-electron chi connectivity index (χ3n) is 1.34. The monoisotopic (exact) mass is 221 g/mol. The van der Waals surface area contributed by atoms with Gasteiger partial charge in [0.25, 0.3) is 0 Å². The summed E-state index contributed by atoms with van der Waals surface area (Å²) < 4.78 is 26.3. The van der Waals surface area contributed by atoms with Crippen LogP contribution in [-0.4, -0.2) is 20.5 Å². The lowest BCUT2D eigenvalue weighted by Crippen LogP contribution is -1.98. The van der Waals surface area contributed by atoms with E-state index in [2.05, 4.69) is 4.98 Å². The molecule has 0 saturated carbocycles. The van der Waals surface area contributed by atoms with E-state index in [4.69, 9.17) is 15.4 Å². The Hall–Kier alpha value is -0.810. The average molecular weight is 222 g/mol. The molecule has 0 aliphatic carbocycles. The molecule has 1 heterocycles. The van der Waals surface area contributed by atoms with Gasteiger partial charge in [-0.2, -0.15) is 0 Å². The predicted octanol–water partition coefficient (Wildman–Crippen LogP) is 1.16. The first-order valence-electron chi connectivity index (χ1n) is 3.42. The van der Waals surface area contributed by atoms with Crippen molar-refractivity contribution in [2.24, 2.45) is 0 Å². The number of hydrogen-bond acceptors (Lipinski definition) is 4. The second-order valence-electron chi connectivity index (χ2n) is 2.37. The second kappa shape index (κ2) is 3.93.